The molecule has 0 aromatic heterocycles. The van der Waals surface area contributed by atoms with E-state index in [9.17, 15) is 19.2 Å². The molecule has 0 radical (unpaired) electrons. The van der Waals surface area contributed by atoms with E-state index in [1.807, 2.05) is 7.05 Å². The van der Waals surface area contributed by atoms with Gasteiger partial charge in [0.05, 0.1) is 11.1 Å². The molecule has 0 spiro atoms. The second kappa shape index (κ2) is 7.12. The SMILES string of the molecule is CNCCNCc1ccc2c(c1)C(=O)N(C1CCC(=O)NC1=O)C2=O. The van der Waals surface area contributed by atoms with Gasteiger partial charge in [-0.1, -0.05) is 6.07 Å². The Hall–Kier alpha value is -2.58. The number of amides is 4. The maximum absolute atomic E-state index is 12.7. The molecule has 1 saturated heterocycles. The maximum Gasteiger partial charge on any atom is 0.262 e. The average Bonchev–Trinajstić information content (AvgIpc) is 2.83. The third-order valence-corrected chi connectivity index (χ3v) is 4.39. The lowest BCUT2D eigenvalue weighted by atomic mass is 10.0. The number of nitrogens with zero attached hydrogens (tertiary/aromatic N) is 1. The van der Waals surface area contributed by atoms with Gasteiger partial charge < -0.3 is 10.6 Å². The highest BCUT2D eigenvalue weighted by Gasteiger charge is 2.44. The fourth-order valence-electron chi connectivity index (χ4n) is 3.07. The number of rotatable bonds is 6. The van der Waals surface area contributed by atoms with Crippen molar-refractivity contribution in [2.24, 2.45) is 0 Å². The molecule has 3 rings (SSSR count). The zero-order valence-electron chi connectivity index (χ0n) is 13.9. The summed E-state index contributed by atoms with van der Waals surface area (Å²) in [5.41, 5.74) is 1.50. The summed E-state index contributed by atoms with van der Waals surface area (Å²) >= 11 is 0. The van der Waals surface area contributed by atoms with Crippen LogP contribution >= 0.6 is 0 Å². The smallest absolute Gasteiger partial charge is 0.262 e. The summed E-state index contributed by atoms with van der Waals surface area (Å²) in [5, 5.41) is 8.45. The van der Waals surface area contributed by atoms with Crippen molar-refractivity contribution in [2.45, 2.75) is 25.4 Å². The number of carbonyl (C=O) groups excluding carboxylic acids is 4. The van der Waals surface area contributed by atoms with E-state index in [1.54, 1.807) is 18.2 Å². The summed E-state index contributed by atoms with van der Waals surface area (Å²) in [7, 11) is 1.87. The number of carbonyl (C=O) groups is 4. The largest absolute Gasteiger partial charge is 0.318 e. The van der Waals surface area contributed by atoms with Gasteiger partial charge in [-0.25, -0.2) is 0 Å². The van der Waals surface area contributed by atoms with Gasteiger partial charge in [-0.15, -0.1) is 0 Å². The van der Waals surface area contributed by atoms with E-state index in [4.69, 9.17) is 0 Å². The highest BCUT2D eigenvalue weighted by molar-refractivity contribution is 6.23. The monoisotopic (exact) mass is 344 g/mol. The third kappa shape index (κ3) is 3.31. The minimum Gasteiger partial charge on any atom is -0.318 e. The maximum atomic E-state index is 12.7. The number of piperidine rings is 1. The van der Waals surface area contributed by atoms with Crippen LogP contribution in [-0.4, -0.2) is 54.7 Å². The Bertz CT molecular complexity index is 746. The van der Waals surface area contributed by atoms with E-state index >= 15 is 0 Å². The molecule has 2 aliphatic heterocycles. The van der Waals surface area contributed by atoms with Crippen LogP contribution in [0.1, 0.15) is 39.1 Å². The molecule has 2 aliphatic rings. The van der Waals surface area contributed by atoms with Crippen LogP contribution in [-0.2, 0) is 16.1 Å². The van der Waals surface area contributed by atoms with Crippen LogP contribution in [0.15, 0.2) is 18.2 Å². The van der Waals surface area contributed by atoms with Gasteiger partial charge in [-0.2, -0.15) is 0 Å². The topological polar surface area (TPSA) is 108 Å². The number of hydrogen-bond donors (Lipinski definition) is 3. The van der Waals surface area contributed by atoms with E-state index < -0.39 is 23.8 Å². The predicted molar refractivity (Wildman–Crippen MR) is 88.7 cm³/mol. The van der Waals surface area contributed by atoms with Crippen molar-refractivity contribution >= 4 is 23.6 Å². The first-order valence-electron chi connectivity index (χ1n) is 8.22. The molecule has 1 atom stereocenters. The minimum absolute atomic E-state index is 0.116. The Morgan fingerprint density at radius 2 is 1.88 bits per heavy atom. The lowest BCUT2D eigenvalue weighted by Gasteiger charge is -2.27. The van der Waals surface area contributed by atoms with Crippen molar-refractivity contribution in [3.63, 3.8) is 0 Å². The Kier molecular flexibility index (Phi) is 4.91. The van der Waals surface area contributed by atoms with Crippen molar-refractivity contribution < 1.29 is 19.2 Å². The molecular formula is C17H20N4O4. The molecule has 4 amide bonds. The normalized spacial score (nSPS) is 20.0. The summed E-state index contributed by atoms with van der Waals surface area (Å²) < 4.78 is 0. The van der Waals surface area contributed by atoms with Gasteiger partial charge in [0.1, 0.15) is 6.04 Å². The van der Waals surface area contributed by atoms with E-state index in [2.05, 4.69) is 16.0 Å². The van der Waals surface area contributed by atoms with Crippen LogP contribution < -0.4 is 16.0 Å². The highest BCUT2D eigenvalue weighted by atomic mass is 16.2. The number of hydrogen-bond acceptors (Lipinski definition) is 6. The summed E-state index contributed by atoms with van der Waals surface area (Å²) in [4.78, 5) is 49.5. The van der Waals surface area contributed by atoms with Gasteiger partial charge in [-0.3, -0.25) is 29.4 Å². The number of likely N-dealkylation sites (N-methyl/N-ethyl adjacent to an activating group) is 1. The predicted octanol–water partition coefficient (Wildman–Crippen LogP) is -0.603. The molecule has 0 saturated carbocycles. The van der Waals surface area contributed by atoms with Crippen molar-refractivity contribution in [1.82, 2.24) is 20.9 Å². The fraction of sp³-hybridized carbons (Fsp3) is 0.412. The summed E-state index contributed by atoms with van der Waals surface area (Å²) in [5.74, 6) is -1.94. The van der Waals surface area contributed by atoms with Crippen molar-refractivity contribution in [1.29, 1.82) is 0 Å². The number of nitrogens with one attached hydrogen (secondary N) is 3. The van der Waals surface area contributed by atoms with Crippen molar-refractivity contribution in [3.05, 3.63) is 34.9 Å². The number of fused-ring (bicyclic) bond motifs is 1. The van der Waals surface area contributed by atoms with Crippen LogP contribution in [0.4, 0.5) is 0 Å². The number of imide groups is 2. The molecule has 0 bridgehead atoms. The van der Waals surface area contributed by atoms with Gasteiger partial charge in [0.2, 0.25) is 11.8 Å². The molecule has 8 heteroatoms. The van der Waals surface area contributed by atoms with E-state index in [-0.39, 0.29) is 18.7 Å². The molecule has 25 heavy (non-hydrogen) atoms. The average molecular weight is 344 g/mol. The van der Waals surface area contributed by atoms with Gasteiger partial charge >= 0.3 is 0 Å². The first kappa shape index (κ1) is 17.2. The van der Waals surface area contributed by atoms with Crippen LogP contribution in [0.3, 0.4) is 0 Å². The molecule has 132 valence electrons. The molecule has 0 aliphatic carbocycles. The van der Waals surface area contributed by atoms with Gasteiger partial charge in [0.15, 0.2) is 0 Å². The molecule has 1 fully saturated rings. The second-order valence-electron chi connectivity index (χ2n) is 6.11. The fourth-order valence-corrected chi connectivity index (χ4v) is 3.07. The molecule has 3 N–H and O–H groups in total. The quantitative estimate of drug-likeness (QED) is 0.470. The molecule has 8 nitrogen and oxygen atoms in total. The Balaban J connectivity index is 1.77. The standard InChI is InChI=1S/C17H20N4O4/c1-18-6-7-19-9-10-2-3-11-12(8-10)17(25)21(16(11)24)13-4-5-14(22)20-15(13)23/h2-3,8,13,18-19H,4-7,9H2,1H3,(H,20,22,23). The molecule has 1 aromatic carbocycles. The lowest BCUT2D eigenvalue weighted by Crippen LogP contribution is -2.54. The van der Waals surface area contributed by atoms with Crippen LogP contribution in [0.25, 0.3) is 0 Å². The van der Waals surface area contributed by atoms with Gasteiger partial charge in [0.25, 0.3) is 11.8 Å². The Morgan fingerprint density at radius 3 is 2.60 bits per heavy atom. The van der Waals surface area contributed by atoms with Crippen LogP contribution in [0, 0.1) is 0 Å². The third-order valence-electron chi connectivity index (χ3n) is 4.39. The molecular weight excluding hydrogens is 324 g/mol. The minimum atomic E-state index is -0.928. The zero-order chi connectivity index (χ0) is 18.0. The van der Waals surface area contributed by atoms with Crippen LogP contribution in [0.2, 0.25) is 0 Å². The summed E-state index contributed by atoms with van der Waals surface area (Å²) in [6.45, 7) is 2.18. The Labute approximate surface area is 144 Å². The molecule has 1 aromatic rings. The molecule has 2 heterocycles. The van der Waals surface area contributed by atoms with Crippen molar-refractivity contribution in [3.8, 4) is 0 Å². The van der Waals surface area contributed by atoms with Crippen molar-refractivity contribution in [2.75, 3.05) is 20.1 Å². The zero-order valence-corrected chi connectivity index (χ0v) is 13.9. The summed E-state index contributed by atoms with van der Waals surface area (Å²) in [6.07, 6.45) is 0.277. The Morgan fingerprint density at radius 1 is 1.12 bits per heavy atom. The van der Waals surface area contributed by atoms with E-state index in [0.717, 1.165) is 23.6 Å². The first-order valence-corrected chi connectivity index (χ1v) is 8.22. The first-order chi connectivity index (χ1) is 12.0. The number of benzene rings is 1. The molecule has 1 unspecified atom stereocenters. The van der Waals surface area contributed by atoms with E-state index in [1.165, 1.54) is 0 Å². The lowest BCUT2D eigenvalue weighted by molar-refractivity contribution is -0.136. The van der Waals surface area contributed by atoms with E-state index in [0.29, 0.717) is 17.7 Å². The second-order valence-corrected chi connectivity index (χ2v) is 6.11. The van der Waals surface area contributed by atoms with Gasteiger partial charge in [-0.05, 0) is 31.2 Å². The van der Waals surface area contributed by atoms with Gasteiger partial charge in [0, 0.05) is 26.1 Å². The van der Waals surface area contributed by atoms with Crippen LogP contribution in [0.5, 0.6) is 0 Å². The highest BCUT2D eigenvalue weighted by Crippen LogP contribution is 2.28. The summed E-state index contributed by atoms with van der Waals surface area (Å²) in [6, 6.07) is 4.18.